The molecule has 13 N–H and O–H groups in total. The molecule has 596 valence electrons. The molecule has 2 aliphatic heterocycles. The first-order valence-corrected chi connectivity index (χ1v) is 38.9. The second-order valence-corrected chi connectivity index (χ2v) is 29.4. The first kappa shape index (κ1) is 85.6. The lowest BCUT2D eigenvalue weighted by Crippen LogP contribution is -2.68. The maximum absolute atomic E-state index is 13.9. The number of benzene rings is 6. The number of carbonyl (C=O) groups excluding carboxylic acids is 9. The summed E-state index contributed by atoms with van der Waals surface area (Å²) < 4.78 is 40.1. The summed E-state index contributed by atoms with van der Waals surface area (Å²) in [5.41, 5.74) is 8.16. The van der Waals surface area contributed by atoms with Crippen LogP contribution in [0.1, 0.15) is 90.1 Å². The second-order valence-electron chi connectivity index (χ2n) is 26.9. The Morgan fingerprint density at radius 3 is 1.34 bits per heavy atom. The summed E-state index contributed by atoms with van der Waals surface area (Å²) in [6.07, 6.45) is -15.5. The number of thioether (sulfide) groups is 2. The number of carbonyl (C=O) groups is 9. The Morgan fingerprint density at radius 1 is 0.514 bits per heavy atom. The van der Waals surface area contributed by atoms with Crippen molar-refractivity contribution in [2.75, 3.05) is 83.2 Å². The van der Waals surface area contributed by atoms with Crippen LogP contribution in [-0.4, -0.2) is 246 Å². The van der Waals surface area contributed by atoms with Crippen molar-refractivity contribution in [3.8, 4) is 33.4 Å². The molecule has 0 radical (unpaired) electrons. The zero-order valence-corrected chi connectivity index (χ0v) is 63.6. The van der Waals surface area contributed by atoms with Crippen LogP contribution in [0.4, 0.5) is 4.79 Å². The summed E-state index contributed by atoms with van der Waals surface area (Å²) in [5, 5.41) is 86.9. The number of esters is 2. The highest BCUT2D eigenvalue weighted by Gasteiger charge is 2.58. The van der Waals surface area contributed by atoms with Gasteiger partial charge in [0.25, 0.3) is 23.4 Å². The van der Waals surface area contributed by atoms with Crippen molar-refractivity contribution in [1.29, 1.82) is 0 Å². The monoisotopic (exact) mass is 1570 g/mol. The van der Waals surface area contributed by atoms with Gasteiger partial charge in [-0.15, -0.1) is 0 Å². The highest BCUT2D eigenvalue weighted by Crippen LogP contribution is 2.45. The third-order valence-corrected chi connectivity index (χ3v) is 21.2. The van der Waals surface area contributed by atoms with E-state index in [1.165, 1.54) is 37.4 Å². The second kappa shape index (κ2) is 41.8. The van der Waals surface area contributed by atoms with E-state index in [2.05, 4.69) is 37.2 Å². The van der Waals surface area contributed by atoms with Crippen LogP contribution in [-0.2, 0) is 61.9 Å². The zero-order chi connectivity index (χ0) is 79.6. The van der Waals surface area contributed by atoms with Gasteiger partial charge in [-0.05, 0) is 99.5 Å². The van der Waals surface area contributed by atoms with Gasteiger partial charge >= 0.3 is 18.0 Å². The van der Waals surface area contributed by atoms with Crippen LogP contribution in [0.5, 0.6) is 0 Å². The molecule has 6 aromatic carbocycles. The van der Waals surface area contributed by atoms with E-state index in [-0.39, 0.29) is 69.2 Å². The van der Waals surface area contributed by atoms with Crippen LogP contribution in [0.25, 0.3) is 33.4 Å². The van der Waals surface area contributed by atoms with Gasteiger partial charge in [-0.2, -0.15) is 23.5 Å². The molecule has 0 saturated carbocycles. The Kier molecular flexibility index (Phi) is 32.2. The zero-order valence-electron chi connectivity index (χ0n) is 62.0. The Bertz CT molecular complexity index is 4050. The molecule has 0 bridgehead atoms. The number of hydrogen-bond acceptors (Lipinski definition) is 24. The van der Waals surface area contributed by atoms with Gasteiger partial charge in [0.2, 0.25) is 23.6 Å². The third-order valence-electron chi connectivity index (χ3n) is 19.1. The Balaban J connectivity index is 0.731. The summed E-state index contributed by atoms with van der Waals surface area (Å²) >= 11 is 2.81. The molecule has 7 amide bonds. The van der Waals surface area contributed by atoms with E-state index in [0.29, 0.717) is 29.4 Å². The Hall–Kier alpha value is -9.35. The van der Waals surface area contributed by atoms with Crippen LogP contribution in [0.15, 0.2) is 158 Å². The van der Waals surface area contributed by atoms with Gasteiger partial charge in [0, 0.05) is 87.8 Å². The third kappa shape index (κ3) is 23.4. The van der Waals surface area contributed by atoms with Gasteiger partial charge in [0.05, 0.1) is 63.9 Å². The molecule has 29 nitrogen and oxygen atoms in total. The van der Waals surface area contributed by atoms with Crippen LogP contribution in [0.3, 0.4) is 0 Å². The fraction of sp³-hybridized carbons (Fsp3) is 0.438. The molecule has 6 aromatic rings. The normalized spacial score (nSPS) is 21.2. The van der Waals surface area contributed by atoms with Gasteiger partial charge < -0.3 is 101 Å². The standard InChI is InChI=1S/C80H97N7O22S2/c1-48(88)85-67-62(90)43-79(76(100)103-3,108-71(67)69(95)64(92)45-83-73(97)54-29-25-52(26-30-54)50-17-7-5-8-18-50)106-37-15-39-110-41-35-81-66(94)34-33-61(87-78(102)105-47-60-58-23-13-11-21-56(58)57-22-12-14-24-59(57)60)75(99)82-36-42-111-40-16-38-107-80(77(101)104-4)44-63(91)68(86-49(2)89)72(109-80)70(96)65(93)46-84-74(98)55-31-27-53(28-32-55)51-19-9-6-10-20-51/h5-14,17-32,60-65,67-72,90-93,95-96H,15-16,33-47H2,1-4H3,(H,81,94)(H,82,99)(H,83,97)(H,84,98)(H,85,88)(H,86,89)(H,87,102)/t61?,62?,63?,64?,65?,67?,68?,69?,70-,71?,72?,79?,80?/m1/s1. The molecule has 13 atom stereocenters. The highest BCUT2D eigenvalue weighted by molar-refractivity contribution is 7.99. The molecular formula is C80H97N7O22S2. The van der Waals surface area contributed by atoms with Crippen molar-refractivity contribution < 1.29 is 107 Å². The average molecular weight is 1570 g/mol. The topological polar surface area (TPSA) is 424 Å². The van der Waals surface area contributed by atoms with Crippen molar-refractivity contribution in [3.05, 3.63) is 180 Å². The van der Waals surface area contributed by atoms with E-state index in [0.717, 1.165) is 58.7 Å². The molecular weight excluding hydrogens is 1480 g/mol. The molecule has 2 fully saturated rings. The molecule has 12 unspecified atom stereocenters. The van der Waals surface area contributed by atoms with Crippen LogP contribution in [0.2, 0.25) is 0 Å². The molecule has 0 spiro atoms. The lowest BCUT2D eigenvalue weighted by Gasteiger charge is -2.47. The number of hydrogen-bond donors (Lipinski definition) is 13. The van der Waals surface area contributed by atoms with Gasteiger partial charge in [0.15, 0.2) is 0 Å². The van der Waals surface area contributed by atoms with E-state index < -0.39 is 158 Å². The van der Waals surface area contributed by atoms with E-state index >= 15 is 0 Å². The van der Waals surface area contributed by atoms with Gasteiger partial charge in [-0.3, -0.25) is 28.8 Å². The minimum absolute atomic E-state index is 0.0427. The predicted molar refractivity (Wildman–Crippen MR) is 411 cm³/mol. The lowest BCUT2D eigenvalue weighted by atomic mass is 9.88. The van der Waals surface area contributed by atoms with E-state index in [1.807, 2.05) is 109 Å². The highest BCUT2D eigenvalue weighted by atomic mass is 32.2. The van der Waals surface area contributed by atoms with Crippen molar-refractivity contribution in [3.63, 3.8) is 0 Å². The molecule has 3 aliphatic rings. The number of nitrogens with one attached hydrogen (secondary N) is 7. The molecule has 9 rings (SSSR count). The van der Waals surface area contributed by atoms with Gasteiger partial charge in [0.1, 0.15) is 37.1 Å². The van der Waals surface area contributed by atoms with Crippen LogP contribution in [0, 0.1) is 0 Å². The Labute approximate surface area is 651 Å². The molecule has 2 saturated heterocycles. The minimum atomic E-state index is -2.32. The average Bonchev–Trinajstić information content (AvgIpc) is 1.74. The number of amides is 7. The predicted octanol–water partition coefficient (Wildman–Crippen LogP) is 3.87. The van der Waals surface area contributed by atoms with Crippen LogP contribution >= 0.6 is 23.5 Å². The largest absolute Gasteiger partial charge is 0.465 e. The number of methoxy groups -OCH3 is 2. The van der Waals surface area contributed by atoms with E-state index in [1.54, 1.807) is 48.5 Å². The number of alkyl carbamates (subject to hydrolysis) is 1. The number of ether oxygens (including phenoxy) is 7. The number of aliphatic hydroxyl groups excluding tert-OH is 6. The summed E-state index contributed by atoms with van der Waals surface area (Å²) in [4.78, 5) is 119. The first-order chi connectivity index (χ1) is 53.4. The maximum atomic E-state index is 13.9. The summed E-state index contributed by atoms with van der Waals surface area (Å²) in [7, 11) is 2.14. The fourth-order valence-electron chi connectivity index (χ4n) is 13.4. The molecule has 2 heterocycles. The Morgan fingerprint density at radius 2 is 0.919 bits per heavy atom. The first-order valence-electron chi connectivity index (χ1n) is 36.6. The fourth-order valence-corrected chi connectivity index (χ4v) is 15.0. The SMILES string of the molecule is COC(=O)C1(OCCCSCCNC(=O)CCC(NC(=O)OCC2c3ccccc3-c3ccccc32)C(=O)NCCSCCCOC2(C(=O)OC)CC(O)C(NC(C)=O)C([C@H](O)C(O)CNC(=O)c3ccc(-c4ccccc4)cc3)O2)CC(O)C(NC(C)=O)C(C(O)C(O)CNC(=O)c2ccc(-c3ccccc3)cc2)O1. The molecule has 1 aliphatic carbocycles. The summed E-state index contributed by atoms with van der Waals surface area (Å²) in [6, 6.07) is 44.2. The van der Waals surface area contributed by atoms with Crippen molar-refractivity contribution in [2.24, 2.45) is 0 Å². The number of aliphatic hydroxyl groups is 6. The van der Waals surface area contributed by atoms with Crippen LogP contribution < -0.4 is 37.2 Å². The van der Waals surface area contributed by atoms with E-state index in [4.69, 9.17) is 33.2 Å². The summed E-state index contributed by atoms with van der Waals surface area (Å²) in [5.74, 6) is -8.84. The van der Waals surface area contributed by atoms with Gasteiger partial charge in [-0.25, -0.2) is 14.4 Å². The summed E-state index contributed by atoms with van der Waals surface area (Å²) in [6.45, 7) is 1.30. The van der Waals surface area contributed by atoms with Crippen molar-refractivity contribution in [1.82, 2.24) is 37.2 Å². The smallest absolute Gasteiger partial charge is 0.407 e. The van der Waals surface area contributed by atoms with Gasteiger partial charge in [-0.1, -0.05) is 133 Å². The quantitative estimate of drug-likeness (QED) is 0.0148. The van der Waals surface area contributed by atoms with Crippen molar-refractivity contribution in [2.45, 2.75) is 137 Å². The lowest BCUT2D eigenvalue weighted by molar-refractivity contribution is -0.311. The molecule has 31 heteroatoms. The van der Waals surface area contributed by atoms with E-state index in [9.17, 15) is 73.8 Å². The molecule has 0 aromatic heterocycles. The molecule has 111 heavy (non-hydrogen) atoms. The number of fused-ring (bicyclic) bond motifs is 3. The minimum Gasteiger partial charge on any atom is -0.465 e. The number of rotatable bonds is 39. The van der Waals surface area contributed by atoms with Crippen molar-refractivity contribution >= 4 is 77.0 Å². The maximum Gasteiger partial charge on any atom is 0.407 e.